The first-order valence-electron chi connectivity index (χ1n) is 5.36. The SMILES string of the molecule is CC(C)SCCC(C)(C#N)NC1CC1. The molecule has 0 aromatic carbocycles. The first kappa shape index (κ1) is 11.9. The molecule has 0 saturated heterocycles. The topological polar surface area (TPSA) is 35.8 Å². The normalized spacial score (nSPS) is 20.5. The quantitative estimate of drug-likeness (QED) is 0.735. The molecule has 0 radical (unpaired) electrons. The van der Waals surface area contributed by atoms with E-state index >= 15 is 0 Å². The molecular weight excluding hydrogens is 192 g/mol. The van der Waals surface area contributed by atoms with E-state index in [-0.39, 0.29) is 5.54 Å². The average Bonchev–Trinajstić information content (AvgIpc) is 2.87. The lowest BCUT2D eigenvalue weighted by Crippen LogP contribution is -2.42. The molecule has 0 heterocycles. The molecule has 0 aromatic rings. The Bertz CT molecular complexity index is 218. The predicted octanol–water partition coefficient (Wildman–Crippen LogP) is 2.55. The first-order chi connectivity index (χ1) is 6.56. The van der Waals surface area contributed by atoms with Gasteiger partial charge in [0.05, 0.1) is 6.07 Å². The van der Waals surface area contributed by atoms with Crippen molar-refractivity contribution in [3.63, 3.8) is 0 Å². The molecule has 14 heavy (non-hydrogen) atoms. The van der Waals surface area contributed by atoms with Gasteiger partial charge < -0.3 is 0 Å². The molecule has 80 valence electrons. The number of rotatable bonds is 6. The summed E-state index contributed by atoms with van der Waals surface area (Å²) < 4.78 is 0. The van der Waals surface area contributed by atoms with Crippen molar-refractivity contribution >= 4 is 11.8 Å². The Kier molecular flexibility index (Phi) is 4.28. The van der Waals surface area contributed by atoms with Crippen LogP contribution in [-0.2, 0) is 0 Å². The van der Waals surface area contributed by atoms with Gasteiger partial charge in [0.1, 0.15) is 5.54 Å². The number of nitrogens with zero attached hydrogens (tertiary/aromatic N) is 1. The Morgan fingerprint density at radius 2 is 2.21 bits per heavy atom. The van der Waals surface area contributed by atoms with Crippen LogP contribution in [0.25, 0.3) is 0 Å². The summed E-state index contributed by atoms with van der Waals surface area (Å²) in [6.45, 7) is 6.41. The van der Waals surface area contributed by atoms with E-state index < -0.39 is 0 Å². The van der Waals surface area contributed by atoms with E-state index in [0.717, 1.165) is 12.2 Å². The van der Waals surface area contributed by atoms with Crippen LogP contribution in [0.2, 0.25) is 0 Å². The molecule has 1 saturated carbocycles. The van der Waals surface area contributed by atoms with E-state index in [9.17, 15) is 0 Å². The highest BCUT2D eigenvalue weighted by Crippen LogP contribution is 2.25. The summed E-state index contributed by atoms with van der Waals surface area (Å²) in [5.74, 6) is 1.07. The molecule has 1 unspecified atom stereocenters. The summed E-state index contributed by atoms with van der Waals surface area (Å²) in [5, 5.41) is 13.2. The van der Waals surface area contributed by atoms with Gasteiger partial charge in [-0.3, -0.25) is 5.32 Å². The van der Waals surface area contributed by atoms with Crippen LogP contribution < -0.4 is 5.32 Å². The van der Waals surface area contributed by atoms with Gasteiger partial charge in [0.25, 0.3) is 0 Å². The summed E-state index contributed by atoms with van der Waals surface area (Å²) in [5.41, 5.74) is -0.303. The number of nitrogens with one attached hydrogen (secondary N) is 1. The minimum atomic E-state index is -0.303. The highest BCUT2D eigenvalue weighted by molar-refractivity contribution is 7.99. The monoisotopic (exact) mass is 212 g/mol. The highest BCUT2D eigenvalue weighted by Gasteiger charge is 2.31. The Hall–Kier alpha value is -0.200. The van der Waals surface area contributed by atoms with Crippen LogP contribution in [0, 0.1) is 11.3 Å². The van der Waals surface area contributed by atoms with Crippen LogP contribution >= 0.6 is 11.8 Å². The zero-order chi connectivity index (χ0) is 10.6. The predicted molar refractivity (Wildman–Crippen MR) is 62.4 cm³/mol. The Morgan fingerprint density at radius 3 is 2.64 bits per heavy atom. The lowest BCUT2D eigenvalue weighted by atomic mass is 10.0. The summed E-state index contributed by atoms with van der Waals surface area (Å²) >= 11 is 1.93. The second kappa shape index (κ2) is 5.04. The third-order valence-corrected chi connectivity index (χ3v) is 3.51. The average molecular weight is 212 g/mol. The molecule has 1 rings (SSSR count). The van der Waals surface area contributed by atoms with Crippen molar-refractivity contribution < 1.29 is 0 Å². The van der Waals surface area contributed by atoms with Crippen LogP contribution in [0.4, 0.5) is 0 Å². The van der Waals surface area contributed by atoms with Gasteiger partial charge in [0.2, 0.25) is 0 Å². The summed E-state index contributed by atoms with van der Waals surface area (Å²) in [7, 11) is 0. The Balaban J connectivity index is 2.25. The van der Waals surface area contributed by atoms with Crippen molar-refractivity contribution in [3.8, 4) is 6.07 Å². The second-order valence-corrected chi connectivity index (χ2v) is 6.22. The van der Waals surface area contributed by atoms with Gasteiger partial charge in [-0.2, -0.15) is 17.0 Å². The van der Waals surface area contributed by atoms with Gasteiger partial charge in [0, 0.05) is 6.04 Å². The van der Waals surface area contributed by atoms with Crippen LogP contribution in [-0.4, -0.2) is 22.6 Å². The summed E-state index contributed by atoms with van der Waals surface area (Å²) in [6.07, 6.45) is 3.44. The molecular formula is C11H20N2S. The molecule has 1 atom stereocenters. The van der Waals surface area contributed by atoms with Crippen LogP contribution in [0.1, 0.15) is 40.0 Å². The number of hydrogen-bond acceptors (Lipinski definition) is 3. The van der Waals surface area contributed by atoms with E-state index in [1.165, 1.54) is 12.8 Å². The molecule has 1 N–H and O–H groups in total. The molecule has 2 nitrogen and oxygen atoms in total. The maximum absolute atomic E-state index is 9.11. The van der Waals surface area contributed by atoms with Crippen molar-refractivity contribution in [1.82, 2.24) is 5.32 Å². The largest absolute Gasteiger partial charge is 0.297 e. The fourth-order valence-electron chi connectivity index (χ4n) is 1.34. The number of hydrogen-bond donors (Lipinski definition) is 1. The fraction of sp³-hybridized carbons (Fsp3) is 0.909. The second-order valence-electron chi connectivity index (χ2n) is 4.53. The zero-order valence-electron chi connectivity index (χ0n) is 9.34. The summed E-state index contributed by atoms with van der Waals surface area (Å²) in [6, 6.07) is 3.01. The zero-order valence-corrected chi connectivity index (χ0v) is 10.2. The molecule has 0 aromatic heterocycles. The van der Waals surface area contributed by atoms with Crippen LogP contribution in [0.15, 0.2) is 0 Å². The lowest BCUT2D eigenvalue weighted by Gasteiger charge is -2.23. The van der Waals surface area contributed by atoms with Gasteiger partial charge in [-0.25, -0.2) is 0 Å². The minimum Gasteiger partial charge on any atom is -0.297 e. The van der Waals surface area contributed by atoms with Gasteiger partial charge in [-0.05, 0) is 37.2 Å². The van der Waals surface area contributed by atoms with Crippen molar-refractivity contribution in [2.75, 3.05) is 5.75 Å². The molecule has 0 bridgehead atoms. The lowest BCUT2D eigenvalue weighted by molar-refractivity contribution is 0.433. The van der Waals surface area contributed by atoms with Gasteiger partial charge in [0.15, 0.2) is 0 Å². The maximum atomic E-state index is 9.11. The molecule has 0 amide bonds. The minimum absolute atomic E-state index is 0.303. The fourth-order valence-corrected chi connectivity index (χ4v) is 2.33. The van der Waals surface area contributed by atoms with Crippen molar-refractivity contribution in [2.24, 2.45) is 0 Å². The van der Waals surface area contributed by atoms with Gasteiger partial charge in [-0.15, -0.1) is 0 Å². The standard InChI is InChI=1S/C11H20N2S/c1-9(2)14-7-6-11(3,8-12)13-10-4-5-10/h9-10,13H,4-7H2,1-3H3. The van der Waals surface area contributed by atoms with E-state index in [0.29, 0.717) is 11.3 Å². The van der Waals surface area contributed by atoms with E-state index in [1.807, 2.05) is 18.7 Å². The van der Waals surface area contributed by atoms with Crippen molar-refractivity contribution in [2.45, 2.75) is 56.9 Å². The Morgan fingerprint density at radius 1 is 1.57 bits per heavy atom. The van der Waals surface area contributed by atoms with Crippen LogP contribution in [0.3, 0.4) is 0 Å². The molecule has 1 fully saturated rings. The molecule has 3 heteroatoms. The van der Waals surface area contributed by atoms with Crippen LogP contribution in [0.5, 0.6) is 0 Å². The third kappa shape index (κ3) is 4.34. The highest BCUT2D eigenvalue weighted by atomic mass is 32.2. The van der Waals surface area contributed by atoms with Gasteiger partial charge >= 0.3 is 0 Å². The number of thioether (sulfide) groups is 1. The smallest absolute Gasteiger partial charge is 0.104 e. The maximum Gasteiger partial charge on any atom is 0.104 e. The first-order valence-corrected chi connectivity index (χ1v) is 6.41. The van der Waals surface area contributed by atoms with E-state index in [4.69, 9.17) is 5.26 Å². The van der Waals surface area contributed by atoms with Gasteiger partial charge in [-0.1, -0.05) is 13.8 Å². The molecule has 0 spiro atoms. The Labute approximate surface area is 91.4 Å². The van der Waals surface area contributed by atoms with E-state index in [1.54, 1.807) is 0 Å². The molecule has 1 aliphatic carbocycles. The number of nitriles is 1. The molecule has 1 aliphatic rings. The van der Waals surface area contributed by atoms with E-state index in [2.05, 4.69) is 25.2 Å². The molecule has 0 aliphatic heterocycles. The summed E-state index contributed by atoms with van der Waals surface area (Å²) in [4.78, 5) is 0. The third-order valence-electron chi connectivity index (χ3n) is 2.40. The van der Waals surface area contributed by atoms with Crippen molar-refractivity contribution in [3.05, 3.63) is 0 Å². The van der Waals surface area contributed by atoms with Crippen molar-refractivity contribution in [1.29, 1.82) is 5.26 Å².